The standard InChI is InChI=1S/C24H33N5O2/c1-17-13-28(19(11-25-17)15-31-4)14-23(30)29-16-24(2,3)20-12-26-22(10-21(20)29)27-18-8-6-5-7-9-18/h5-10,12,17,19,25H,11,13-16H2,1-4H3,(H,26,27)/t17-,19-/m1/s1. The molecule has 0 aliphatic carbocycles. The van der Waals surface area contributed by atoms with E-state index < -0.39 is 0 Å². The minimum Gasteiger partial charge on any atom is -0.383 e. The summed E-state index contributed by atoms with van der Waals surface area (Å²) in [5.74, 6) is 0.868. The maximum absolute atomic E-state index is 13.5. The van der Waals surface area contributed by atoms with Crippen LogP contribution in [0.4, 0.5) is 17.2 Å². The van der Waals surface area contributed by atoms with Crippen LogP contribution in [0.3, 0.4) is 0 Å². The lowest BCUT2D eigenvalue weighted by atomic mass is 9.88. The van der Waals surface area contributed by atoms with Crippen molar-refractivity contribution in [2.24, 2.45) is 0 Å². The summed E-state index contributed by atoms with van der Waals surface area (Å²) in [5.41, 5.74) is 2.91. The number of rotatable bonds is 6. The third-order valence-electron chi connectivity index (χ3n) is 6.23. The molecule has 4 rings (SSSR count). The Labute approximate surface area is 184 Å². The summed E-state index contributed by atoms with van der Waals surface area (Å²) < 4.78 is 5.39. The quantitative estimate of drug-likeness (QED) is 0.745. The highest BCUT2D eigenvalue weighted by molar-refractivity contribution is 5.98. The maximum atomic E-state index is 13.5. The van der Waals surface area contributed by atoms with Crippen LogP contribution in [0.2, 0.25) is 0 Å². The van der Waals surface area contributed by atoms with E-state index in [1.165, 1.54) is 0 Å². The van der Waals surface area contributed by atoms with Gasteiger partial charge in [0.2, 0.25) is 5.91 Å². The first-order chi connectivity index (χ1) is 14.9. The van der Waals surface area contributed by atoms with E-state index in [0.29, 0.717) is 25.7 Å². The molecule has 0 saturated carbocycles. The van der Waals surface area contributed by atoms with Crippen LogP contribution < -0.4 is 15.5 Å². The molecule has 0 spiro atoms. The van der Waals surface area contributed by atoms with Crippen molar-refractivity contribution in [2.75, 3.05) is 50.1 Å². The molecular formula is C24H33N5O2. The second-order valence-electron chi connectivity index (χ2n) is 9.29. The monoisotopic (exact) mass is 423 g/mol. The van der Waals surface area contributed by atoms with Gasteiger partial charge in [0.25, 0.3) is 0 Å². The van der Waals surface area contributed by atoms with Crippen molar-refractivity contribution in [3.05, 3.63) is 48.2 Å². The Balaban J connectivity index is 1.55. The number of aromatic nitrogens is 1. The topological polar surface area (TPSA) is 69.7 Å². The van der Waals surface area contributed by atoms with Gasteiger partial charge in [0.05, 0.1) is 18.8 Å². The van der Waals surface area contributed by atoms with Crippen molar-refractivity contribution in [1.29, 1.82) is 0 Å². The van der Waals surface area contributed by atoms with Crippen LogP contribution in [0.25, 0.3) is 0 Å². The molecule has 2 N–H and O–H groups in total. The number of amides is 1. The molecule has 0 bridgehead atoms. The molecule has 3 heterocycles. The van der Waals surface area contributed by atoms with E-state index in [0.717, 1.165) is 35.8 Å². The molecule has 7 nitrogen and oxygen atoms in total. The van der Waals surface area contributed by atoms with E-state index >= 15 is 0 Å². The summed E-state index contributed by atoms with van der Waals surface area (Å²) >= 11 is 0. The van der Waals surface area contributed by atoms with Gasteiger partial charge in [-0.2, -0.15) is 0 Å². The summed E-state index contributed by atoms with van der Waals surface area (Å²) in [6, 6.07) is 12.5. The summed E-state index contributed by atoms with van der Waals surface area (Å²) in [4.78, 5) is 22.3. The largest absolute Gasteiger partial charge is 0.383 e. The number of nitrogens with zero attached hydrogens (tertiary/aromatic N) is 3. The van der Waals surface area contributed by atoms with Crippen molar-refractivity contribution in [3.8, 4) is 0 Å². The Bertz CT molecular complexity index is 917. The van der Waals surface area contributed by atoms with Crippen LogP contribution in [0.5, 0.6) is 0 Å². The first kappa shape index (κ1) is 21.7. The average Bonchev–Trinajstić information content (AvgIpc) is 3.01. The SMILES string of the molecule is COC[C@H]1CN[C@H](C)CN1CC(=O)N1CC(C)(C)c2cnc(Nc3ccccc3)cc21. The van der Waals surface area contributed by atoms with Crippen molar-refractivity contribution >= 4 is 23.1 Å². The van der Waals surface area contributed by atoms with Gasteiger partial charge >= 0.3 is 0 Å². The predicted molar refractivity (Wildman–Crippen MR) is 124 cm³/mol. The molecule has 1 aromatic carbocycles. The van der Waals surface area contributed by atoms with Crippen molar-refractivity contribution < 1.29 is 9.53 Å². The molecule has 0 radical (unpaired) electrons. The van der Waals surface area contributed by atoms with Crippen LogP contribution >= 0.6 is 0 Å². The summed E-state index contributed by atoms with van der Waals surface area (Å²) in [6.07, 6.45) is 1.91. The fraction of sp³-hybridized carbons (Fsp3) is 0.500. The summed E-state index contributed by atoms with van der Waals surface area (Å²) in [5, 5.41) is 6.83. The van der Waals surface area contributed by atoms with Gasteiger partial charge in [-0.3, -0.25) is 9.69 Å². The first-order valence-electron chi connectivity index (χ1n) is 11.0. The predicted octanol–water partition coefficient (Wildman–Crippen LogP) is 2.76. The minimum absolute atomic E-state index is 0.124. The molecule has 7 heteroatoms. The Morgan fingerprint density at radius 1 is 1.32 bits per heavy atom. The van der Waals surface area contributed by atoms with E-state index in [1.807, 2.05) is 47.5 Å². The van der Waals surface area contributed by atoms with Crippen LogP contribution in [0.1, 0.15) is 26.3 Å². The highest BCUT2D eigenvalue weighted by Crippen LogP contribution is 2.41. The summed E-state index contributed by atoms with van der Waals surface area (Å²) in [7, 11) is 1.71. The first-order valence-corrected chi connectivity index (χ1v) is 11.0. The molecule has 2 atom stereocenters. The number of fused-ring (bicyclic) bond motifs is 1. The van der Waals surface area contributed by atoms with E-state index in [9.17, 15) is 4.79 Å². The lowest BCUT2D eigenvalue weighted by molar-refractivity contribution is -0.121. The number of anilines is 3. The number of piperazine rings is 1. The molecule has 2 aliphatic heterocycles. The Morgan fingerprint density at radius 3 is 2.84 bits per heavy atom. The lowest BCUT2D eigenvalue weighted by Gasteiger charge is -2.39. The smallest absolute Gasteiger partial charge is 0.241 e. The van der Waals surface area contributed by atoms with Gasteiger partial charge in [0.15, 0.2) is 0 Å². The van der Waals surface area contributed by atoms with Gasteiger partial charge in [-0.15, -0.1) is 0 Å². The van der Waals surface area contributed by atoms with Gasteiger partial charge in [-0.05, 0) is 19.1 Å². The van der Waals surface area contributed by atoms with Crippen LogP contribution in [0, 0.1) is 0 Å². The molecule has 1 saturated heterocycles. The van der Waals surface area contributed by atoms with E-state index in [-0.39, 0.29) is 17.4 Å². The van der Waals surface area contributed by atoms with E-state index in [1.54, 1.807) is 7.11 Å². The fourth-order valence-electron chi connectivity index (χ4n) is 4.56. The molecule has 31 heavy (non-hydrogen) atoms. The van der Waals surface area contributed by atoms with E-state index in [2.05, 4.69) is 41.3 Å². The zero-order valence-electron chi connectivity index (χ0n) is 18.9. The second kappa shape index (κ2) is 8.94. The summed E-state index contributed by atoms with van der Waals surface area (Å²) in [6.45, 7) is 9.83. The number of carbonyl (C=O) groups excluding carboxylic acids is 1. The number of ether oxygens (including phenoxy) is 1. The van der Waals surface area contributed by atoms with Gasteiger partial charge in [-0.25, -0.2) is 4.98 Å². The molecular weight excluding hydrogens is 390 g/mol. The van der Waals surface area contributed by atoms with E-state index in [4.69, 9.17) is 4.74 Å². The number of methoxy groups -OCH3 is 1. The van der Waals surface area contributed by atoms with Gasteiger partial charge in [0, 0.05) is 67.8 Å². The zero-order chi connectivity index (χ0) is 22.0. The van der Waals surface area contributed by atoms with Crippen LogP contribution in [0.15, 0.2) is 42.6 Å². The second-order valence-corrected chi connectivity index (χ2v) is 9.29. The minimum atomic E-state index is -0.133. The van der Waals surface area contributed by atoms with Gasteiger partial charge in [0.1, 0.15) is 5.82 Å². The highest BCUT2D eigenvalue weighted by atomic mass is 16.5. The maximum Gasteiger partial charge on any atom is 0.241 e. The Morgan fingerprint density at radius 2 is 2.10 bits per heavy atom. The van der Waals surface area contributed by atoms with Crippen LogP contribution in [-0.2, 0) is 14.9 Å². The molecule has 2 aliphatic rings. The lowest BCUT2D eigenvalue weighted by Crippen LogP contribution is -2.59. The number of carbonyl (C=O) groups is 1. The Kier molecular flexibility index (Phi) is 6.27. The average molecular weight is 424 g/mol. The third kappa shape index (κ3) is 4.74. The number of hydrogen-bond acceptors (Lipinski definition) is 6. The number of pyridine rings is 1. The van der Waals surface area contributed by atoms with Crippen molar-refractivity contribution in [2.45, 2.75) is 38.3 Å². The number of hydrogen-bond donors (Lipinski definition) is 2. The van der Waals surface area contributed by atoms with Gasteiger partial charge < -0.3 is 20.3 Å². The third-order valence-corrected chi connectivity index (χ3v) is 6.23. The Hall–Kier alpha value is -2.48. The molecule has 0 unspecified atom stereocenters. The molecule has 166 valence electrons. The fourth-order valence-corrected chi connectivity index (χ4v) is 4.56. The molecule has 1 fully saturated rings. The number of nitrogens with one attached hydrogen (secondary N) is 2. The zero-order valence-corrected chi connectivity index (χ0v) is 18.9. The van der Waals surface area contributed by atoms with Crippen molar-refractivity contribution in [3.63, 3.8) is 0 Å². The molecule has 1 amide bonds. The molecule has 2 aromatic rings. The van der Waals surface area contributed by atoms with Crippen molar-refractivity contribution in [1.82, 2.24) is 15.2 Å². The number of para-hydroxylation sites is 1. The van der Waals surface area contributed by atoms with Crippen LogP contribution in [-0.4, -0.2) is 67.8 Å². The number of benzene rings is 1. The molecule has 1 aromatic heterocycles. The van der Waals surface area contributed by atoms with Gasteiger partial charge in [-0.1, -0.05) is 32.0 Å². The highest BCUT2D eigenvalue weighted by Gasteiger charge is 2.39. The normalized spacial score (nSPS) is 22.9.